The van der Waals surface area contributed by atoms with Crippen LogP contribution in [0.5, 0.6) is 0 Å². The molecule has 0 bridgehead atoms. The van der Waals surface area contributed by atoms with Crippen LogP contribution in [0.2, 0.25) is 0 Å². The van der Waals surface area contributed by atoms with Crippen LogP contribution in [0.1, 0.15) is 27.2 Å². The van der Waals surface area contributed by atoms with E-state index in [-0.39, 0.29) is 11.5 Å². The first kappa shape index (κ1) is 14.0. The van der Waals surface area contributed by atoms with Gasteiger partial charge in [-0.25, -0.2) is 0 Å². The number of methoxy groups -OCH3 is 1. The van der Waals surface area contributed by atoms with Crippen molar-refractivity contribution in [2.45, 2.75) is 32.7 Å². The Labute approximate surface area is 92.8 Å². The first-order valence-corrected chi connectivity index (χ1v) is 5.02. The molecule has 0 atom stereocenters. The number of hydrogen-bond donors (Lipinski definition) is 0. The van der Waals surface area contributed by atoms with Crippen LogP contribution >= 0.6 is 0 Å². The summed E-state index contributed by atoms with van der Waals surface area (Å²) in [4.78, 5) is 13.1. The molecule has 0 aliphatic heterocycles. The Kier molecular flexibility index (Phi) is 6.03. The van der Waals surface area contributed by atoms with Gasteiger partial charge in [-0.15, -0.1) is 0 Å². The third-order valence-electron chi connectivity index (χ3n) is 2.36. The maximum absolute atomic E-state index is 11.0. The summed E-state index contributed by atoms with van der Waals surface area (Å²) in [6, 6.07) is 0. The quantitative estimate of drug-likeness (QED) is 0.506. The Morgan fingerprint density at radius 1 is 1.53 bits per heavy atom. The van der Waals surface area contributed by atoms with Crippen LogP contribution in [0.15, 0.2) is 0 Å². The molecule has 0 aromatic heterocycles. The standard InChI is InChI=1S/C12H19NO2/c1-6-9-12(3,4)13(7-2)10-8-11(14)15-5/h1H,7-8,10H2,2-5H3. The van der Waals surface area contributed by atoms with E-state index in [1.54, 1.807) is 0 Å². The van der Waals surface area contributed by atoms with Gasteiger partial charge >= 0.3 is 5.97 Å². The summed E-state index contributed by atoms with van der Waals surface area (Å²) in [5, 5.41) is 0. The molecule has 0 aromatic carbocycles. The molecule has 15 heavy (non-hydrogen) atoms. The fourth-order valence-corrected chi connectivity index (χ4v) is 1.42. The maximum Gasteiger partial charge on any atom is 0.306 e. The highest BCUT2D eigenvalue weighted by molar-refractivity contribution is 5.69. The summed E-state index contributed by atoms with van der Waals surface area (Å²) >= 11 is 0. The minimum atomic E-state index is -0.308. The van der Waals surface area contributed by atoms with Crippen molar-refractivity contribution in [3.05, 3.63) is 6.92 Å². The van der Waals surface area contributed by atoms with Gasteiger partial charge in [-0.1, -0.05) is 18.8 Å². The zero-order valence-electron chi connectivity index (χ0n) is 9.96. The number of carbonyl (C=O) groups excluding carboxylic acids is 1. The van der Waals surface area contributed by atoms with E-state index in [4.69, 9.17) is 6.92 Å². The van der Waals surface area contributed by atoms with Crippen molar-refractivity contribution in [1.82, 2.24) is 4.90 Å². The van der Waals surface area contributed by atoms with Crippen LogP contribution in [-0.4, -0.2) is 36.6 Å². The van der Waals surface area contributed by atoms with E-state index in [1.165, 1.54) is 7.11 Å². The summed E-state index contributed by atoms with van der Waals surface area (Å²) in [5.74, 6) is 5.13. The number of hydrogen-bond acceptors (Lipinski definition) is 3. The average molecular weight is 209 g/mol. The maximum atomic E-state index is 11.0. The van der Waals surface area contributed by atoms with Crippen molar-refractivity contribution >= 4 is 5.97 Å². The van der Waals surface area contributed by atoms with Crippen LogP contribution in [0.3, 0.4) is 0 Å². The normalized spacial score (nSPS) is 10.8. The van der Waals surface area contributed by atoms with Crippen LogP contribution < -0.4 is 0 Å². The lowest BCUT2D eigenvalue weighted by Gasteiger charge is -2.33. The van der Waals surface area contributed by atoms with E-state index in [0.29, 0.717) is 13.0 Å². The van der Waals surface area contributed by atoms with Gasteiger partial charge in [0.15, 0.2) is 0 Å². The van der Waals surface area contributed by atoms with Crippen molar-refractivity contribution in [3.63, 3.8) is 0 Å². The van der Waals surface area contributed by atoms with Crippen LogP contribution in [-0.2, 0) is 9.53 Å². The molecule has 0 spiro atoms. The fraction of sp³-hybridized carbons (Fsp3) is 0.667. The van der Waals surface area contributed by atoms with Gasteiger partial charge in [0.1, 0.15) is 0 Å². The molecule has 0 amide bonds. The van der Waals surface area contributed by atoms with Crippen LogP contribution in [0.4, 0.5) is 0 Å². The Morgan fingerprint density at radius 3 is 2.53 bits per heavy atom. The molecule has 0 fully saturated rings. The summed E-state index contributed by atoms with van der Waals surface area (Å²) in [5.41, 5.74) is -0.308. The first-order valence-electron chi connectivity index (χ1n) is 5.02. The zero-order chi connectivity index (χ0) is 11.9. The molecule has 0 heterocycles. The summed E-state index contributed by atoms with van der Waals surface area (Å²) in [6.07, 6.45) is 0.375. The molecule has 2 radical (unpaired) electrons. The van der Waals surface area contributed by atoms with Crippen molar-refractivity contribution in [2.75, 3.05) is 20.2 Å². The van der Waals surface area contributed by atoms with Crippen molar-refractivity contribution in [1.29, 1.82) is 0 Å². The summed E-state index contributed by atoms with van der Waals surface area (Å²) < 4.78 is 4.59. The molecular formula is C12H19NO2. The minimum Gasteiger partial charge on any atom is -0.469 e. The molecule has 3 heteroatoms. The number of nitrogens with zero attached hydrogens (tertiary/aromatic N) is 1. The van der Waals surface area contributed by atoms with E-state index in [9.17, 15) is 4.79 Å². The molecule has 84 valence electrons. The largest absolute Gasteiger partial charge is 0.469 e. The van der Waals surface area contributed by atoms with Gasteiger partial charge in [-0.2, -0.15) is 0 Å². The van der Waals surface area contributed by atoms with Crippen LogP contribution in [0.25, 0.3) is 0 Å². The second-order valence-corrected chi connectivity index (χ2v) is 3.73. The van der Waals surface area contributed by atoms with E-state index in [2.05, 4.69) is 21.5 Å². The number of carbonyl (C=O) groups is 1. The molecule has 0 aliphatic carbocycles. The number of esters is 1. The van der Waals surface area contributed by atoms with Crippen LogP contribution in [0, 0.1) is 18.8 Å². The molecule has 0 aliphatic rings. The van der Waals surface area contributed by atoms with Crippen molar-refractivity contribution in [3.8, 4) is 11.8 Å². The number of rotatable bonds is 5. The predicted octanol–water partition coefficient (Wildman–Crippen LogP) is 1.36. The topological polar surface area (TPSA) is 29.5 Å². The molecule has 0 saturated carbocycles. The fourth-order valence-electron chi connectivity index (χ4n) is 1.42. The monoisotopic (exact) mass is 209 g/mol. The molecular weight excluding hydrogens is 190 g/mol. The van der Waals surface area contributed by atoms with E-state index >= 15 is 0 Å². The molecule has 3 nitrogen and oxygen atoms in total. The van der Waals surface area contributed by atoms with E-state index < -0.39 is 0 Å². The third kappa shape index (κ3) is 4.85. The van der Waals surface area contributed by atoms with Gasteiger partial charge < -0.3 is 4.74 Å². The second kappa shape index (κ2) is 6.47. The van der Waals surface area contributed by atoms with Gasteiger partial charge in [0, 0.05) is 6.54 Å². The molecule has 0 rings (SSSR count). The highest BCUT2D eigenvalue weighted by Gasteiger charge is 2.23. The Hall–Kier alpha value is -1.01. The molecule has 0 unspecified atom stereocenters. The number of ether oxygens (including phenoxy) is 1. The third-order valence-corrected chi connectivity index (χ3v) is 2.36. The SMILES string of the molecule is [CH]C#CC(C)(C)N(CC)CCC(=O)OC. The zero-order valence-corrected chi connectivity index (χ0v) is 9.96. The van der Waals surface area contributed by atoms with Gasteiger partial charge in [-0.3, -0.25) is 9.69 Å². The van der Waals surface area contributed by atoms with Gasteiger partial charge in [0.05, 0.1) is 26.0 Å². The second-order valence-electron chi connectivity index (χ2n) is 3.73. The van der Waals surface area contributed by atoms with Crippen molar-refractivity contribution in [2.24, 2.45) is 0 Å². The van der Waals surface area contributed by atoms with Gasteiger partial charge in [0.2, 0.25) is 0 Å². The van der Waals surface area contributed by atoms with Crippen molar-refractivity contribution < 1.29 is 9.53 Å². The molecule has 0 N–H and O–H groups in total. The highest BCUT2D eigenvalue weighted by Crippen LogP contribution is 2.13. The Balaban J connectivity index is 4.34. The Morgan fingerprint density at radius 2 is 2.13 bits per heavy atom. The molecule has 0 aromatic rings. The highest BCUT2D eigenvalue weighted by atomic mass is 16.5. The smallest absolute Gasteiger partial charge is 0.306 e. The van der Waals surface area contributed by atoms with Gasteiger partial charge in [-0.05, 0) is 20.4 Å². The predicted molar refractivity (Wildman–Crippen MR) is 60.0 cm³/mol. The lowest BCUT2D eigenvalue weighted by atomic mass is 10.0. The molecule has 0 saturated heterocycles. The summed E-state index contributed by atoms with van der Waals surface area (Å²) in [7, 11) is 1.39. The average Bonchev–Trinajstić information content (AvgIpc) is 2.17. The lowest BCUT2D eigenvalue weighted by Crippen LogP contribution is -2.43. The van der Waals surface area contributed by atoms with E-state index in [1.807, 2.05) is 20.8 Å². The minimum absolute atomic E-state index is 0.204. The first-order chi connectivity index (χ1) is 6.97. The lowest BCUT2D eigenvalue weighted by molar-refractivity contribution is -0.141. The van der Waals surface area contributed by atoms with Gasteiger partial charge in [0.25, 0.3) is 0 Å². The summed E-state index contributed by atoms with van der Waals surface area (Å²) in [6.45, 7) is 12.6. The van der Waals surface area contributed by atoms with E-state index in [0.717, 1.165) is 6.54 Å². The Bertz CT molecular complexity index is 261.